The predicted octanol–water partition coefficient (Wildman–Crippen LogP) is 3.05. The molecule has 0 aliphatic carbocycles. The zero-order chi connectivity index (χ0) is 13.9. The fraction of sp³-hybridized carbons (Fsp3) is 0.250. The van der Waals surface area contributed by atoms with Gasteiger partial charge in [0.25, 0.3) is 0 Å². The quantitative estimate of drug-likeness (QED) is 0.886. The summed E-state index contributed by atoms with van der Waals surface area (Å²) < 4.78 is 5.38. The minimum Gasteiger partial charge on any atom is -0.508 e. The molecule has 0 saturated carbocycles. The Bertz CT molecular complexity index is 527. The zero-order valence-electron chi connectivity index (χ0n) is 11.1. The first-order chi connectivity index (χ1) is 9.04. The van der Waals surface area contributed by atoms with E-state index in [1.54, 1.807) is 31.2 Å². The molecule has 0 saturated heterocycles. The van der Waals surface area contributed by atoms with E-state index >= 15 is 0 Å². The number of benzene rings is 2. The van der Waals surface area contributed by atoms with Crippen molar-refractivity contribution in [1.29, 1.82) is 0 Å². The van der Waals surface area contributed by atoms with Crippen LogP contribution in [0.1, 0.15) is 25.0 Å². The van der Waals surface area contributed by atoms with Gasteiger partial charge in [-0.25, -0.2) is 0 Å². The van der Waals surface area contributed by atoms with E-state index in [9.17, 15) is 10.2 Å². The van der Waals surface area contributed by atoms with Crippen molar-refractivity contribution >= 4 is 0 Å². The summed E-state index contributed by atoms with van der Waals surface area (Å²) in [4.78, 5) is 0. The third-order valence-electron chi connectivity index (χ3n) is 3.16. The van der Waals surface area contributed by atoms with Gasteiger partial charge in [-0.2, -0.15) is 0 Å². The summed E-state index contributed by atoms with van der Waals surface area (Å²) in [5, 5.41) is 19.9. The molecule has 0 heterocycles. The smallest absolute Gasteiger partial charge is 0.119 e. The van der Waals surface area contributed by atoms with Gasteiger partial charge in [-0.15, -0.1) is 0 Å². The Hall–Kier alpha value is -2.00. The molecule has 19 heavy (non-hydrogen) atoms. The van der Waals surface area contributed by atoms with Crippen LogP contribution in [0.15, 0.2) is 48.5 Å². The van der Waals surface area contributed by atoms with E-state index in [4.69, 9.17) is 4.74 Å². The molecule has 0 spiro atoms. The second-order valence-corrected chi connectivity index (χ2v) is 4.58. The molecule has 0 radical (unpaired) electrons. The molecule has 0 amide bonds. The Balaban J connectivity index is 2.30. The van der Waals surface area contributed by atoms with E-state index in [1.807, 2.05) is 31.2 Å². The van der Waals surface area contributed by atoms with E-state index in [1.165, 1.54) is 0 Å². The molecule has 1 atom stereocenters. The van der Waals surface area contributed by atoms with Gasteiger partial charge in [0.1, 0.15) is 17.1 Å². The molecule has 0 aromatic heterocycles. The summed E-state index contributed by atoms with van der Waals surface area (Å²) in [6, 6.07) is 13.9. The number of hydrogen-bond donors (Lipinski definition) is 2. The topological polar surface area (TPSA) is 49.7 Å². The molecule has 2 aromatic rings. The van der Waals surface area contributed by atoms with Crippen LogP contribution in [0.5, 0.6) is 11.5 Å². The lowest BCUT2D eigenvalue weighted by atomic mass is 9.88. The monoisotopic (exact) mass is 258 g/mol. The third-order valence-corrected chi connectivity index (χ3v) is 3.16. The number of rotatable bonds is 4. The Morgan fingerprint density at radius 2 is 1.42 bits per heavy atom. The lowest BCUT2D eigenvalue weighted by Crippen LogP contribution is -2.22. The minimum atomic E-state index is -1.10. The maximum atomic E-state index is 10.6. The molecule has 1 unspecified atom stereocenters. The Morgan fingerprint density at radius 1 is 0.947 bits per heavy atom. The highest BCUT2D eigenvalue weighted by Crippen LogP contribution is 2.31. The third kappa shape index (κ3) is 2.88. The van der Waals surface area contributed by atoms with Gasteiger partial charge in [0, 0.05) is 0 Å². The molecule has 0 aliphatic rings. The lowest BCUT2D eigenvalue weighted by Gasteiger charge is -2.24. The molecule has 2 rings (SSSR count). The SMILES string of the molecule is CCOc1ccc(C(C)(O)c2ccc(O)cc2)cc1. The summed E-state index contributed by atoms with van der Waals surface area (Å²) in [6.07, 6.45) is 0. The van der Waals surface area contributed by atoms with Gasteiger partial charge in [-0.3, -0.25) is 0 Å². The van der Waals surface area contributed by atoms with Gasteiger partial charge in [0.15, 0.2) is 0 Å². The highest BCUT2D eigenvalue weighted by molar-refractivity contribution is 5.39. The fourth-order valence-corrected chi connectivity index (χ4v) is 1.99. The van der Waals surface area contributed by atoms with Crippen molar-refractivity contribution in [2.75, 3.05) is 6.61 Å². The maximum Gasteiger partial charge on any atom is 0.119 e. The maximum absolute atomic E-state index is 10.6. The van der Waals surface area contributed by atoms with E-state index in [0.29, 0.717) is 6.61 Å². The molecule has 0 bridgehead atoms. The highest BCUT2D eigenvalue weighted by atomic mass is 16.5. The van der Waals surface area contributed by atoms with E-state index in [-0.39, 0.29) is 5.75 Å². The van der Waals surface area contributed by atoms with E-state index in [2.05, 4.69) is 0 Å². The molecule has 2 N–H and O–H groups in total. The molecule has 2 aromatic carbocycles. The van der Waals surface area contributed by atoms with Crippen LogP contribution in [-0.2, 0) is 5.60 Å². The number of aromatic hydroxyl groups is 1. The van der Waals surface area contributed by atoms with E-state index < -0.39 is 5.60 Å². The number of ether oxygens (including phenoxy) is 1. The van der Waals surface area contributed by atoms with Gasteiger partial charge in [-0.1, -0.05) is 24.3 Å². The molecule has 0 fully saturated rings. The Labute approximate surface area is 113 Å². The van der Waals surface area contributed by atoms with Crippen molar-refractivity contribution in [2.45, 2.75) is 19.4 Å². The summed E-state index contributed by atoms with van der Waals surface area (Å²) in [5.74, 6) is 0.971. The van der Waals surface area contributed by atoms with Crippen LogP contribution in [0.25, 0.3) is 0 Å². The number of phenols is 1. The molecular weight excluding hydrogens is 240 g/mol. The lowest BCUT2D eigenvalue weighted by molar-refractivity contribution is 0.102. The Kier molecular flexibility index (Phi) is 3.76. The van der Waals surface area contributed by atoms with Crippen molar-refractivity contribution in [2.24, 2.45) is 0 Å². The first kappa shape index (κ1) is 13.4. The van der Waals surface area contributed by atoms with Crippen LogP contribution in [0.2, 0.25) is 0 Å². The average Bonchev–Trinajstić information content (AvgIpc) is 2.40. The number of aliphatic hydroxyl groups is 1. The van der Waals surface area contributed by atoms with Gasteiger partial charge >= 0.3 is 0 Å². The van der Waals surface area contributed by atoms with Gasteiger partial charge in [-0.05, 0) is 49.2 Å². The molecular formula is C16H18O3. The van der Waals surface area contributed by atoms with Crippen LogP contribution in [-0.4, -0.2) is 16.8 Å². The normalized spacial score (nSPS) is 13.8. The molecule has 0 aliphatic heterocycles. The minimum absolute atomic E-state index is 0.186. The van der Waals surface area contributed by atoms with Crippen molar-refractivity contribution in [3.05, 3.63) is 59.7 Å². The second kappa shape index (κ2) is 5.33. The predicted molar refractivity (Wildman–Crippen MR) is 74.4 cm³/mol. The molecule has 3 nitrogen and oxygen atoms in total. The van der Waals surface area contributed by atoms with Gasteiger partial charge in [0.05, 0.1) is 6.61 Å². The van der Waals surface area contributed by atoms with Crippen molar-refractivity contribution < 1.29 is 14.9 Å². The van der Waals surface area contributed by atoms with Crippen LogP contribution in [0.4, 0.5) is 0 Å². The summed E-state index contributed by atoms with van der Waals surface area (Å²) in [5.41, 5.74) is 0.412. The van der Waals surface area contributed by atoms with Crippen LogP contribution in [0, 0.1) is 0 Å². The average molecular weight is 258 g/mol. The second-order valence-electron chi connectivity index (χ2n) is 4.58. The molecule has 3 heteroatoms. The van der Waals surface area contributed by atoms with Crippen LogP contribution < -0.4 is 4.74 Å². The van der Waals surface area contributed by atoms with Crippen molar-refractivity contribution in [3.8, 4) is 11.5 Å². The fourth-order valence-electron chi connectivity index (χ4n) is 1.99. The number of hydrogen-bond acceptors (Lipinski definition) is 3. The molecule has 100 valence electrons. The van der Waals surface area contributed by atoms with Crippen LogP contribution >= 0.6 is 0 Å². The first-order valence-electron chi connectivity index (χ1n) is 6.29. The zero-order valence-corrected chi connectivity index (χ0v) is 11.1. The largest absolute Gasteiger partial charge is 0.508 e. The summed E-state index contributed by atoms with van der Waals surface area (Å²) >= 11 is 0. The van der Waals surface area contributed by atoms with E-state index in [0.717, 1.165) is 16.9 Å². The van der Waals surface area contributed by atoms with Crippen molar-refractivity contribution in [3.63, 3.8) is 0 Å². The summed E-state index contributed by atoms with van der Waals surface area (Å²) in [6.45, 7) is 4.28. The van der Waals surface area contributed by atoms with Gasteiger partial charge < -0.3 is 14.9 Å². The van der Waals surface area contributed by atoms with Crippen LogP contribution in [0.3, 0.4) is 0 Å². The Morgan fingerprint density at radius 3 is 1.89 bits per heavy atom. The number of phenolic OH excluding ortho intramolecular Hbond substituents is 1. The van der Waals surface area contributed by atoms with Crippen molar-refractivity contribution in [1.82, 2.24) is 0 Å². The van der Waals surface area contributed by atoms with Gasteiger partial charge in [0.2, 0.25) is 0 Å². The standard InChI is InChI=1S/C16H18O3/c1-3-19-15-10-6-13(7-11-15)16(2,18)12-4-8-14(17)9-5-12/h4-11,17-18H,3H2,1-2H3. The first-order valence-corrected chi connectivity index (χ1v) is 6.29. The highest BCUT2D eigenvalue weighted by Gasteiger charge is 2.25. The summed E-state index contributed by atoms with van der Waals surface area (Å²) in [7, 11) is 0.